The van der Waals surface area contributed by atoms with Crippen LogP contribution in [0.15, 0.2) is 53.4 Å². The second-order valence-electron chi connectivity index (χ2n) is 7.27. The molecule has 0 aliphatic carbocycles. The molecule has 2 aromatic rings. The van der Waals surface area contributed by atoms with E-state index in [0.717, 1.165) is 12.1 Å². The molecule has 2 aromatic carbocycles. The van der Waals surface area contributed by atoms with Crippen LogP contribution in [0.1, 0.15) is 30.1 Å². The van der Waals surface area contributed by atoms with E-state index in [9.17, 15) is 22.4 Å². The molecular formula is C22H25FN2O5S. The molecule has 0 spiro atoms. The molecule has 0 unspecified atom stereocenters. The molecule has 7 nitrogen and oxygen atoms in total. The van der Waals surface area contributed by atoms with Crippen molar-refractivity contribution in [1.29, 1.82) is 0 Å². The fourth-order valence-corrected chi connectivity index (χ4v) is 4.71. The Balaban J connectivity index is 1.41. The highest BCUT2D eigenvalue weighted by Crippen LogP contribution is 2.19. The van der Waals surface area contributed by atoms with E-state index in [1.54, 1.807) is 29.2 Å². The minimum atomic E-state index is -3.70. The van der Waals surface area contributed by atoms with Gasteiger partial charge in [-0.1, -0.05) is 0 Å². The van der Waals surface area contributed by atoms with Crippen molar-refractivity contribution in [3.63, 3.8) is 0 Å². The average Bonchev–Trinajstić information content (AvgIpc) is 2.77. The molecule has 9 heteroatoms. The van der Waals surface area contributed by atoms with E-state index in [1.807, 2.05) is 0 Å². The lowest BCUT2D eigenvalue weighted by atomic mass is 10.1. The van der Waals surface area contributed by atoms with Crippen LogP contribution in [0.5, 0.6) is 5.75 Å². The third-order valence-electron chi connectivity index (χ3n) is 5.11. The maximum atomic E-state index is 13.1. The van der Waals surface area contributed by atoms with Crippen molar-refractivity contribution < 1.29 is 27.1 Å². The van der Waals surface area contributed by atoms with Crippen molar-refractivity contribution in [2.45, 2.75) is 24.7 Å². The lowest BCUT2D eigenvalue weighted by Gasteiger charge is -2.34. The number of ketones is 1. The molecule has 0 N–H and O–H groups in total. The minimum Gasteiger partial charge on any atom is -0.494 e. The number of hydrogen-bond acceptors (Lipinski definition) is 5. The summed E-state index contributed by atoms with van der Waals surface area (Å²) in [5, 5.41) is 0. The van der Waals surface area contributed by atoms with Gasteiger partial charge in [0, 0.05) is 38.2 Å². The van der Waals surface area contributed by atoms with E-state index in [4.69, 9.17) is 4.74 Å². The van der Waals surface area contributed by atoms with Crippen LogP contribution in [0.3, 0.4) is 0 Å². The third kappa shape index (κ3) is 5.89. The zero-order valence-electron chi connectivity index (χ0n) is 17.3. The molecule has 1 aliphatic rings. The maximum absolute atomic E-state index is 13.1. The summed E-state index contributed by atoms with van der Waals surface area (Å²) in [5.74, 6) is 0.0838. The lowest BCUT2D eigenvalue weighted by Crippen LogP contribution is -2.50. The Morgan fingerprint density at radius 2 is 1.58 bits per heavy atom. The molecule has 0 aromatic heterocycles. The predicted molar refractivity (Wildman–Crippen MR) is 113 cm³/mol. The number of nitrogens with zero attached hydrogens (tertiary/aromatic N) is 2. The Kier molecular flexibility index (Phi) is 7.40. The Morgan fingerprint density at radius 3 is 2.16 bits per heavy atom. The van der Waals surface area contributed by atoms with Gasteiger partial charge in [0.05, 0.1) is 11.5 Å². The summed E-state index contributed by atoms with van der Waals surface area (Å²) in [6, 6.07) is 11.6. The summed E-state index contributed by atoms with van der Waals surface area (Å²) in [4.78, 5) is 25.4. The molecule has 1 amide bonds. The highest BCUT2D eigenvalue weighted by Gasteiger charge is 2.29. The van der Waals surface area contributed by atoms with Crippen LogP contribution in [-0.4, -0.2) is 62.1 Å². The zero-order valence-corrected chi connectivity index (χ0v) is 18.1. The van der Waals surface area contributed by atoms with Crippen LogP contribution in [-0.2, 0) is 14.8 Å². The third-order valence-corrected chi connectivity index (χ3v) is 7.02. The van der Waals surface area contributed by atoms with Gasteiger partial charge in [-0.3, -0.25) is 9.59 Å². The van der Waals surface area contributed by atoms with E-state index in [-0.39, 0.29) is 29.7 Å². The number of benzene rings is 2. The van der Waals surface area contributed by atoms with Gasteiger partial charge in [0.15, 0.2) is 5.78 Å². The first-order valence-corrected chi connectivity index (χ1v) is 11.5. The number of ether oxygens (including phenoxy) is 1. The van der Waals surface area contributed by atoms with Crippen LogP contribution >= 0.6 is 0 Å². The van der Waals surface area contributed by atoms with E-state index in [2.05, 4.69) is 0 Å². The average molecular weight is 449 g/mol. The summed E-state index contributed by atoms with van der Waals surface area (Å²) in [7, 11) is -3.70. The molecular weight excluding hydrogens is 423 g/mol. The molecule has 166 valence electrons. The fraction of sp³-hybridized carbons (Fsp3) is 0.364. The predicted octanol–water partition coefficient (Wildman–Crippen LogP) is 2.72. The van der Waals surface area contributed by atoms with Crippen molar-refractivity contribution in [3.05, 3.63) is 59.9 Å². The number of Topliss-reactive ketones (excluding diaryl/α,β-unsaturated/α-hetero) is 1. The van der Waals surface area contributed by atoms with Crippen molar-refractivity contribution in [2.24, 2.45) is 0 Å². The highest BCUT2D eigenvalue weighted by atomic mass is 32.2. The molecule has 31 heavy (non-hydrogen) atoms. The summed E-state index contributed by atoms with van der Waals surface area (Å²) in [6.45, 7) is 2.89. The van der Waals surface area contributed by atoms with Gasteiger partial charge in [-0.05, 0) is 61.9 Å². The number of carbonyl (C=O) groups excluding carboxylic acids is 2. The van der Waals surface area contributed by atoms with E-state index in [1.165, 1.54) is 23.4 Å². The van der Waals surface area contributed by atoms with E-state index < -0.39 is 15.8 Å². The van der Waals surface area contributed by atoms with Crippen molar-refractivity contribution in [1.82, 2.24) is 9.21 Å². The van der Waals surface area contributed by atoms with Crippen molar-refractivity contribution in [3.8, 4) is 5.75 Å². The summed E-state index contributed by atoms with van der Waals surface area (Å²) in [6.07, 6.45) is 0.831. The molecule has 0 saturated carbocycles. The first-order valence-electron chi connectivity index (χ1n) is 10.0. The number of amides is 1. The number of hydrogen-bond donors (Lipinski definition) is 0. The molecule has 1 fully saturated rings. The minimum absolute atomic E-state index is 0.0114. The van der Waals surface area contributed by atoms with Crippen LogP contribution in [0.2, 0.25) is 0 Å². The molecule has 1 saturated heterocycles. The standard InChI is InChI=1S/C22H25FN2O5S/c1-17(26)18-4-8-20(9-5-18)30-16-2-3-22(27)24-12-14-25(15-13-24)31(28,29)21-10-6-19(23)7-11-21/h4-11H,2-3,12-16H2,1H3. The van der Waals surface area contributed by atoms with Gasteiger partial charge in [-0.15, -0.1) is 0 Å². The fourth-order valence-electron chi connectivity index (χ4n) is 3.29. The van der Waals surface area contributed by atoms with E-state index >= 15 is 0 Å². The van der Waals surface area contributed by atoms with Gasteiger partial charge >= 0.3 is 0 Å². The lowest BCUT2D eigenvalue weighted by molar-refractivity contribution is -0.132. The summed E-state index contributed by atoms with van der Waals surface area (Å²) >= 11 is 0. The second-order valence-corrected chi connectivity index (χ2v) is 9.21. The number of piperazine rings is 1. The first-order chi connectivity index (χ1) is 14.8. The van der Waals surface area contributed by atoms with Gasteiger partial charge in [0.25, 0.3) is 0 Å². The van der Waals surface area contributed by atoms with Gasteiger partial charge in [0.2, 0.25) is 15.9 Å². The van der Waals surface area contributed by atoms with Gasteiger partial charge < -0.3 is 9.64 Å². The second kappa shape index (κ2) is 10.0. The molecule has 0 bridgehead atoms. The molecule has 0 atom stereocenters. The highest BCUT2D eigenvalue weighted by molar-refractivity contribution is 7.89. The Labute approximate surface area is 181 Å². The number of carbonyl (C=O) groups is 2. The van der Waals surface area contributed by atoms with Crippen LogP contribution in [0.25, 0.3) is 0 Å². The normalized spacial score (nSPS) is 15.0. The SMILES string of the molecule is CC(=O)c1ccc(OCCCC(=O)N2CCN(S(=O)(=O)c3ccc(F)cc3)CC2)cc1. The Hall–Kier alpha value is -2.78. The van der Waals surface area contributed by atoms with Crippen molar-refractivity contribution >= 4 is 21.7 Å². The quantitative estimate of drug-likeness (QED) is 0.458. The summed E-state index contributed by atoms with van der Waals surface area (Å²) < 4.78 is 45.3. The smallest absolute Gasteiger partial charge is 0.243 e. The van der Waals surface area contributed by atoms with Crippen LogP contribution < -0.4 is 4.74 Å². The van der Waals surface area contributed by atoms with Gasteiger partial charge in [-0.2, -0.15) is 4.31 Å². The van der Waals surface area contributed by atoms with Gasteiger partial charge in [0.1, 0.15) is 11.6 Å². The zero-order chi connectivity index (χ0) is 22.4. The van der Waals surface area contributed by atoms with Crippen LogP contribution in [0.4, 0.5) is 4.39 Å². The Bertz CT molecular complexity index is 1010. The molecule has 0 radical (unpaired) electrons. The maximum Gasteiger partial charge on any atom is 0.243 e. The van der Waals surface area contributed by atoms with Crippen molar-refractivity contribution in [2.75, 3.05) is 32.8 Å². The summed E-state index contributed by atoms with van der Waals surface area (Å²) in [5.41, 5.74) is 0.614. The first kappa shape index (κ1) is 22.9. The number of sulfonamides is 1. The number of rotatable bonds is 8. The Morgan fingerprint density at radius 1 is 0.968 bits per heavy atom. The molecule has 1 aliphatic heterocycles. The monoisotopic (exact) mass is 448 g/mol. The molecule has 1 heterocycles. The largest absolute Gasteiger partial charge is 0.494 e. The van der Waals surface area contributed by atoms with Gasteiger partial charge in [-0.25, -0.2) is 12.8 Å². The number of halogens is 1. The van der Waals surface area contributed by atoms with E-state index in [0.29, 0.717) is 43.9 Å². The molecule has 3 rings (SSSR count). The topological polar surface area (TPSA) is 84.0 Å². The van der Waals surface area contributed by atoms with Crippen LogP contribution in [0, 0.1) is 5.82 Å².